The second-order valence-corrected chi connectivity index (χ2v) is 4.77. The molecule has 0 saturated carbocycles. The molecule has 106 valence electrons. The summed E-state index contributed by atoms with van der Waals surface area (Å²) in [6, 6.07) is 3.51. The van der Waals surface area contributed by atoms with Crippen LogP contribution in [0.15, 0.2) is 12.3 Å². The van der Waals surface area contributed by atoms with Gasteiger partial charge in [-0.3, -0.25) is 9.59 Å². The van der Waals surface area contributed by atoms with Crippen LogP contribution < -0.4 is 11.1 Å². The van der Waals surface area contributed by atoms with Crippen molar-refractivity contribution in [2.24, 2.45) is 12.8 Å². The second-order valence-electron chi connectivity index (χ2n) is 4.77. The lowest BCUT2D eigenvalue weighted by atomic mass is 10.2. The van der Waals surface area contributed by atoms with E-state index in [0.717, 1.165) is 0 Å². The number of nitrogens with two attached hydrogens (primary N) is 1. The molecule has 1 aliphatic heterocycles. The molecule has 0 bridgehead atoms. The van der Waals surface area contributed by atoms with Crippen molar-refractivity contribution in [2.75, 3.05) is 6.54 Å². The van der Waals surface area contributed by atoms with Gasteiger partial charge in [0.1, 0.15) is 17.9 Å². The number of aryl methyl sites for hydroxylation is 1. The molecule has 0 spiro atoms. The zero-order valence-corrected chi connectivity index (χ0v) is 11.1. The predicted molar refractivity (Wildman–Crippen MR) is 69.6 cm³/mol. The highest BCUT2D eigenvalue weighted by Crippen LogP contribution is 2.18. The number of carbonyl (C=O) groups is 2. The average Bonchev–Trinajstić information content (AvgIpc) is 3.02. The predicted octanol–water partition coefficient (Wildman–Crippen LogP) is -0.341. The van der Waals surface area contributed by atoms with Crippen molar-refractivity contribution in [3.8, 4) is 6.07 Å². The molecule has 2 rings (SSSR count). The summed E-state index contributed by atoms with van der Waals surface area (Å²) in [6.07, 6.45) is 2.09. The number of nitrogens with one attached hydrogen (secondary N) is 1. The highest BCUT2D eigenvalue weighted by Gasteiger charge is 2.29. The van der Waals surface area contributed by atoms with E-state index >= 15 is 0 Å². The molecule has 2 heterocycles. The Bertz CT molecular complexity index is 573. The summed E-state index contributed by atoms with van der Waals surface area (Å²) in [5.74, 6) is -0.750. The lowest BCUT2D eigenvalue weighted by molar-refractivity contribution is -0.128. The Kier molecular flexibility index (Phi) is 4.05. The first-order valence-electron chi connectivity index (χ1n) is 6.30. The highest BCUT2D eigenvalue weighted by molar-refractivity contribution is 5.93. The third-order valence-electron chi connectivity index (χ3n) is 3.28. The summed E-state index contributed by atoms with van der Waals surface area (Å²) in [4.78, 5) is 22.9. The van der Waals surface area contributed by atoms with Gasteiger partial charge in [0.25, 0.3) is 5.91 Å². The van der Waals surface area contributed by atoms with Crippen LogP contribution in [0, 0.1) is 11.3 Å². The van der Waals surface area contributed by atoms with E-state index in [4.69, 9.17) is 15.7 Å². The van der Waals surface area contributed by atoms with Gasteiger partial charge in [-0.2, -0.15) is 5.26 Å². The number of aromatic nitrogens is 1. The maximum Gasteiger partial charge on any atom is 0.268 e. The van der Waals surface area contributed by atoms with E-state index in [-0.39, 0.29) is 12.0 Å². The molecule has 0 aliphatic carbocycles. The Hall–Kier alpha value is -2.33. The monoisotopic (exact) mass is 276 g/mol. The Morgan fingerprint density at radius 3 is 2.90 bits per heavy atom. The summed E-state index contributed by atoms with van der Waals surface area (Å²) in [5.41, 5.74) is 6.00. The molecule has 0 aromatic carbocycles. The minimum atomic E-state index is -0.558. The van der Waals surface area contributed by atoms with Crippen LogP contribution in [0.1, 0.15) is 28.9 Å². The van der Waals surface area contributed by atoms with Crippen molar-refractivity contribution in [2.45, 2.75) is 25.0 Å². The van der Waals surface area contributed by atoms with Gasteiger partial charge in [0, 0.05) is 19.8 Å². The Labute approximate surface area is 116 Å². The molecular weight excluding hydrogens is 260 g/mol. The molecule has 1 saturated heterocycles. The first-order chi connectivity index (χ1) is 9.51. The van der Waals surface area contributed by atoms with Crippen LogP contribution in [0.4, 0.5) is 0 Å². The van der Waals surface area contributed by atoms with Gasteiger partial charge in [0.05, 0.1) is 11.7 Å². The van der Waals surface area contributed by atoms with Gasteiger partial charge >= 0.3 is 0 Å². The fourth-order valence-electron chi connectivity index (χ4n) is 2.21. The van der Waals surface area contributed by atoms with Gasteiger partial charge in [-0.1, -0.05) is 0 Å². The molecule has 1 aromatic rings. The van der Waals surface area contributed by atoms with Crippen molar-refractivity contribution in [3.63, 3.8) is 0 Å². The number of nitrogens with zero attached hydrogens (tertiary/aromatic N) is 2. The third kappa shape index (κ3) is 2.97. The van der Waals surface area contributed by atoms with Crippen LogP contribution >= 0.6 is 0 Å². The van der Waals surface area contributed by atoms with Crippen LogP contribution in [0.3, 0.4) is 0 Å². The van der Waals surface area contributed by atoms with Gasteiger partial charge in [0.15, 0.2) is 0 Å². The van der Waals surface area contributed by atoms with E-state index < -0.39 is 12.0 Å². The molecule has 2 amide bonds. The van der Waals surface area contributed by atoms with Crippen molar-refractivity contribution in [1.29, 1.82) is 5.26 Å². The number of hydrogen-bond donors (Lipinski definition) is 2. The number of rotatable bonds is 4. The second kappa shape index (κ2) is 5.75. The number of ether oxygens (including phenoxy) is 1. The standard InChI is InChI=1S/C13H16N4O3/c1-17-7-8(5-14)4-10(17)13(19)16-6-9-2-3-11(20-9)12(15)18/h4,7,9,11H,2-3,6H2,1H3,(H2,15,18)(H,16,19). The molecule has 0 radical (unpaired) electrons. The van der Waals surface area contributed by atoms with Crippen LogP contribution in [0.25, 0.3) is 0 Å². The minimum absolute atomic E-state index is 0.202. The Morgan fingerprint density at radius 1 is 1.60 bits per heavy atom. The van der Waals surface area contributed by atoms with Gasteiger partial charge in [-0.15, -0.1) is 0 Å². The summed E-state index contributed by atoms with van der Waals surface area (Å²) < 4.78 is 7.01. The summed E-state index contributed by atoms with van der Waals surface area (Å²) in [7, 11) is 1.70. The molecule has 20 heavy (non-hydrogen) atoms. The van der Waals surface area contributed by atoms with Crippen molar-refractivity contribution in [3.05, 3.63) is 23.5 Å². The number of amides is 2. The summed E-state index contributed by atoms with van der Waals surface area (Å²) >= 11 is 0. The molecule has 7 nitrogen and oxygen atoms in total. The first kappa shape index (κ1) is 14.1. The zero-order chi connectivity index (χ0) is 14.7. The summed E-state index contributed by atoms with van der Waals surface area (Å²) in [6.45, 7) is 0.315. The zero-order valence-electron chi connectivity index (χ0n) is 11.1. The van der Waals surface area contributed by atoms with E-state index in [9.17, 15) is 9.59 Å². The van der Waals surface area contributed by atoms with E-state index in [1.807, 2.05) is 6.07 Å². The Morgan fingerprint density at radius 2 is 2.35 bits per heavy atom. The lowest BCUT2D eigenvalue weighted by Gasteiger charge is -2.12. The quantitative estimate of drug-likeness (QED) is 0.783. The SMILES string of the molecule is Cn1cc(C#N)cc1C(=O)NCC1CCC(C(N)=O)O1. The highest BCUT2D eigenvalue weighted by atomic mass is 16.5. The van der Waals surface area contributed by atoms with Gasteiger partial charge < -0.3 is 20.4 Å². The molecule has 2 atom stereocenters. The molecule has 1 fully saturated rings. The molecule has 1 aliphatic rings. The van der Waals surface area contributed by atoms with Gasteiger partial charge in [0.2, 0.25) is 5.91 Å². The molecule has 7 heteroatoms. The number of hydrogen-bond acceptors (Lipinski definition) is 4. The third-order valence-corrected chi connectivity index (χ3v) is 3.28. The van der Waals surface area contributed by atoms with E-state index in [1.165, 1.54) is 6.07 Å². The lowest BCUT2D eigenvalue weighted by Crippen LogP contribution is -2.35. The minimum Gasteiger partial charge on any atom is -0.367 e. The normalized spacial score (nSPS) is 21.4. The van der Waals surface area contributed by atoms with E-state index in [1.54, 1.807) is 17.8 Å². The van der Waals surface area contributed by atoms with E-state index in [2.05, 4.69) is 5.32 Å². The summed E-state index contributed by atoms with van der Waals surface area (Å²) in [5, 5.41) is 11.5. The van der Waals surface area contributed by atoms with Crippen LogP contribution in [0.5, 0.6) is 0 Å². The molecule has 1 aromatic heterocycles. The van der Waals surface area contributed by atoms with Crippen LogP contribution in [-0.4, -0.2) is 35.1 Å². The van der Waals surface area contributed by atoms with Crippen molar-refractivity contribution >= 4 is 11.8 Å². The smallest absolute Gasteiger partial charge is 0.268 e. The Balaban J connectivity index is 1.88. The topological polar surface area (TPSA) is 110 Å². The molecule has 3 N–H and O–H groups in total. The number of nitriles is 1. The first-order valence-corrected chi connectivity index (χ1v) is 6.30. The van der Waals surface area contributed by atoms with E-state index in [0.29, 0.717) is 30.6 Å². The van der Waals surface area contributed by atoms with Crippen molar-refractivity contribution < 1.29 is 14.3 Å². The van der Waals surface area contributed by atoms with Gasteiger partial charge in [-0.25, -0.2) is 0 Å². The fraction of sp³-hybridized carbons (Fsp3) is 0.462. The number of primary amides is 1. The largest absolute Gasteiger partial charge is 0.367 e. The molecule has 2 unspecified atom stereocenters. The maximum atomic E-state index is 12.0. The number of carbonyl (C=O) groups excluding carboxylic acids is 2. The maximum absolute atomic E-state index is 12.0. The van der Waals surface area contributed by atoms with Crippen LogP contribution in [0.2, 0.25) is 0 Å². The van der Waals surface area contributed by atoms with Crippen LogP contribution in [-0.2, 0) is 16.6 Å². The van der Waals surface area contributed by atoms with Crippen molar-refractivity contribution in [1.82, 2.24) is 9.88 Å². The fourth-order valence-corrected chi connectivity index (χ4v) is 2.21. The average molecular weight is 276 g/mol. The van der Waals surface area contributed by atoms with Gasteiger partial charge in [-0.05, 0) is 18.9 Å². The molecular formula is C13H16N4O3.